The first-order valence-electron chi connectivity index (χ1n) is 12.1. The van der Waals surface area contributed by atoms with Crippen LogP contribution in [0.4, 0.5) is 11.7 Å². The number of carbonyl (C=O) groups is 1. The van der Waals surface area contributed by atoms with E-state index < -0.39 is 5.97 Å². The minimum atomic E-state index is -0.994. The molecule has 180 valence electrons. The molecule has 2 aliphatic heterocycles. The minimum Gasteiger partial charge on any atom is -0.476 e. The number of hydrogen-bond donors (Lipinski definition) is 2. The van der Waals surface area contributed by atoms with Gasteiger partial charge in [-0.25, -0.2) is 9.78 Å². The Bertz CT molecular complexity index is 1330. The summed E-state index contributed by atoms with van der Waals surface area (Å²) in [5, 5.41) is 13.6. The molecule has 34 heavy (non-hydrogen) atoms. The van der Waals surface area contributed by atoms with Crippen LogP contribution in [0.5, 0.6) is 0 Å². The monoisotopic (exact) mass is 464 g/mol. The molecular weight excluding hydrogens is 432 g/mol. The lowest BCUT2D eigenvalue weighted by Crippen LogP contribution is -2.37. The number of anilines is 2. The van der Waals surface area contributed by atoms with Crippen molar-refractivity contribution in [1.29, 1.82) is 0 Å². The molecule has 2 N–H and O–H groups in total. The molecule has 1 fully saturated rings. The Balaban J connectivity index is 1.54. The Kier molecular flexibility index (Phi) is 5.41. The van der Waals surface area contributed by atoms with Crippen molar-refractivity contribution in [2.45, 2.75) is 66.0 Å². The highest BCUT2D eigenvalue weighted by Gasteiger charge is 2.29. The van der Waals surface area contributed by atoms with Gasteiger partial charge in [0.25, 0.3) is 0 Å². The van der Waals surface area contributed by atoms with Gasteiger partial charge in [0, 0.05) is 37.7 Å². The fraction of sp³-hybridized carbons (Fsp3) is 0.500. The number of nitrogens with one attached hydrogen (secondary N) is 1. The maximum atomic E-state index is 13.1. The summed E-state index contributed by atoms with van der Waals surface area (Å²) in [6.45, 7) is 10.8. The zero-order valence-electron chi connectivity index (χ0n) is 20.3. The van der Waals surface area contributed by atoms with E-state index in [0.29, 0.717) is 34.6 Å². The molecule has 0 amide bonds. The van der Waals surface area contributed by atoms with Crippen molar-refractivity contribution in [2.24, 2.45) is 5.41 Å². The van der Waals surface area contributed by atoms with Gasteiger partial charge in [-0.3, -0.25) is 4.79 Å². The molecule has 1 atom stereocenters. The number of fused-ring (bicyclic) bond motifs is 2. The summed E-state index contributed by atoms with van der Waals surface area (Å²) < 4.78 is 8.16. The molecule has 8 nitrogen and oxygen atoms in total. The maximum absolute atomic E-state index is 13.1. The Hall–Kier alpha value is -3.29. The van der Waals surface area contributed by atoms with Gasteiger partial charge in [-0.1, -0.05) is 19.9 Å². The average molecular weight is 465 g/mol. The summed E-state index contributed by atoms with van der Waals surface area (Å²) >= 11 is 0. The molecule has 0 spiro atoms. The molecule has 1 saturated heterocycles. The van der Waals surface area contributed by atoms with Gasteiger partial charge in [-0.05, 0) is 50.2 Å². The molecule has 1 aromatic carbocycles. The first-order valence-corrected chi connectivity index (χ1v) is 12.1. The fourth-order valence-electron chi connectivity index (χ4n) is 5.16. The number of carboxylic acids is 1. The second kappa shape index (κ2) is 8.18. The van der Waals surface area contributed by atoms with Gasteiger partial charge in [0.2, 0.25) is 0 Å². The van der Waals surface area contributed by atoms with Crippen LogP contribution in [0.3, 0.4) is 0 Å². The number of aromatic carboxylic acids is 1. The van der Waals surface area contributed by atoms with Crippen LogP contribution in [0.1, 0.15) is 73.5 Å². The van der Waals surface area contributed by atoms with E-state index in [2.05, 4.69) is 29.0 Å². The zero-order valence-corrected chi connectivity index (χ0v) is 20.3. The van der Waals surface area contributed by atoms with Crippen molar-refractivity contribution < 1.29 is 14.3 Å². The highest BCUT2D eigenvalue weighted by molar-refractivity contribution is 5.92. The standard InChI is InChI=1S/C26H32N4O4/c1-15-12-17(16(2)27-24-22(25(32)33)30-9-5-6-20(30)28-24)23-18(13-15)19(31)14-21(34-23)29-10-7-26(3,4)8-11-29/h12-14,16,27H,5-11H2,1-4H3,(H,32,33)/t16-/m1/s1. The summed E-state index contributed by atoms with van der Waals surface area (Å²) in [5.74, 6) is 0.757. The van der Waals surface area contributed by atoms with Crippen LogP contribution >= 0.6 is 0 Å². The molecule has 2 aliphatic rings. The molecular formula is C26H32N4O4. The SMILES string of the molecule is Cc1cc([C@@H](C)Nc2nc3n(c2C(=O)O)CCC3)c2oc(N3CCC(C)(C)CC3)cc(=O)c2c1. The lowest BCUT2D eigenvalue weighted by molar-refractivity contribution is 0.0686. The molecule has 3 aromatic rings. The van der Waals surface area contributed by atoms with Crippen LogP contribution in [0.15, 0.2) is 27.4 Å². The molecule has 0 bridgehead atoms. The van der Waals surface area contributed by atoms with Crippen LogP contribution in [0, 0.1) is 12.3 Å². The van der Waals surface area contributed by atoms with Gasteiger partial charge < -0.3 is 24.3 Å². The smallest absolute Gasteiger partial charge is 0.356 e. The Labute approximate surface area is 198 Å². The summed E-state index contributed by atoms with van der Waals surface area (Å²) in [4.78, 5) is 31.8. The number of aromatic nitrogens is 2. The lowest BCUT2D eigenvalue weighted by Gasteiger charge is -2.37. The summed E-state index contributed by atoms with van der Waals surface area (Å²) in [5.41, 5.74) is 2.72. The van der Waals surface area contributed by atoms with Crippen molar-refractivity contribution in [2.75, 3.05) is 23.3 Å². The molecule has 8 heteroatoms. The summed E-state index contributed by atoms with van der Waals surface area (Å²) in [6, 6.07) is 5.14. The van der Waals surface area contributed by atoms with Gasteiger partial charge in [0.05, 0.1) is 11.4 Å². The van der Waals surface area contributed by atoms with E-state index in [9.17, 15) is 14.7 Å². The molecule has 0 radical (unpaired) electrons. The van der Waals surface area contributed by atoms with Crippen LogP contribution in [-0.2, 0) is 13.0 Å². The van der Waals surface area contributed by atoms with Crippen LogP contribution in [0.25, 0.3) is 11.0 Å². The normalized spacial score (nSPS) is 18.2. The third-order valence-corrected chi connectivity index (χ3v) is 7.27. The molecule has 5 rings (SSSR count). The summed E-state index contributed by atoms with van der Waals surface area (Å²) in [7, 11) is 0. The second-order valence-electron chi connectivity index (χ2n) is 10.5. The van der Waals surface area contributed by atoms with Crippen LogP contribution in [-0.4, -0.2) is 33.7 Å². The number of nitrogens with zero attached hydrogens (tertiary/aromatic N) is 3. The van der Waals surface area contributed by atoms with Crippen molar-refractivity contribution >= 4 is 28.6 Å². The van der Waals surface area contributed by atoms with E-state index >= 15 is 0 Å². The van der Waals surface area contributed by atoms with E-state index in [1.165, 1.54) is 0 Å². The zero-order chi connectivity index (χ0) is 24.2. The predicted octanol–water partition coefficient (Wildman–Crippen LogP) is 4.74. The van der Waals surface area contributed by atoms with Crippen molar-refractivity contribution in [3.05, 3.63) is 51.1 Å². The third kappa shape index (κ3) is 3.95. The second-order valence-corrected chi connectivity index (χ2v) is 10.5. The molecule has 4 heterocycles. The van der Waals surface area contributed by atoms with Crippen LogP contribution < -0.4 is 15.6 Å². The Morgan fingerprint density at radius 3 is 2.65 bits per heavy atom. The number of piperidine rings is 1. The Morgan fingerprint density at radius 2 is 1.94 bits per heavy atom. The number of benzene rings is 1. The maximum Gasteiger partial charge on any atom is 0.356 e. The number of imidazole rings is 1. The first kappa shape index (κ1) is 22.5. The van der Waals surface area contributed by atoms with E-state index in [1.54, 1.807) is 10.6 Å². The first-order chi connectivity index (χ1) is 16.1. The van der Waals surface area contributed by atoms with Gasteiger partial charge in [0.1, 0.15) is 11.4 Å². The number of aryl methyl sites for hydroxylation is 2. The predicted molar refractivity (Wildman–Crippen MR) is 132 cm³/mol. The number of hydrogen-bond acceptors (Lipinski definition) is 6. The highest BCUT2D eigenvalue weighted by Crippen LogP contribution is 2.35. The van der Waals surface area contributed by atoms with Gasteiger partial charge in [0.15, 0.2) is 22.8 Å². The van der Waals surface area contributed by atoms with Crippen molar-refractivity contribution in [3.63, 3.8) is 0 Å². The average Bonchev–Trinajstić information content (AvgIpc) is 3.34. The minimum absolute atomic E-state index is 0.0644. The topological polar surface area (TPSA) is 101 Å². The van der Waals surface area contributed by atoms with Crippen LogP contribution in [0.2, 0.25) is 0 Å². The van der Waals surface area contributed by atoms with Gasteiger partial charge in [-0.2, -0.15) is 0 Å². The van der Waals surface area contributed by atoms with Gasteiger partial charge in [-0.15, -0.1) is 0 Å². The van der Waals surface area contributed by atoms with E-state index in [-0.39, 0.29) is 17.2 Å². The molecule has 2 aromatic heterocycles. The fourth-order valence-corrected chi connectivity index (χ4v) is 5.16. The molecule has 0 unspecified atom stereocenters. The van der Waals surface area contributed by atoms with Crippen molar-refractivity contribution in [1.82, 2.24) is 9.55 Å². The van der Waals surface area contributed by atoms with Crippen molar-refractivity contribution in [3.8, 4) is 0 Å². The molecule has 0 saturated carbocycles. The largest absolute Gasteiger partial charge is 0.476 e. The van der Waals surface area contributed by atoms with E-state index in [1.807, 2.05) is 26.0 Å². The number of rotatable bonds is 5. The third-order valence-electron chi connectivity index (χ3n) is 7.27. The van der Waals surface area contributed by atoms with Gasteiger partial charge >= 0.3 is 5.97 Å². The molecule has 0 aliphatic carbocycles. The lowest BCUT2D eigenvalue weighted by atomic mass is 9.83. The quantitative estimate of drug-likeness (QED) is 0.562. The van der Waals surface area contributed by atoms with E-state index in [0.717, 1.165) is 55.7 Å². The highest BCUT2D eigenvalue weighted by atomic mass is 16.4. The number of carboxylic acid groups (broad SMARTS) is 1. The summed E-state index contributed by atoms with van der Waals surface area (Å²) in [6.07, 6.45) is 3.75. The Morgan fingerprint density at radius 1 is 1.21 bits per heavy atom. The van der Waals surface area contributed by atoms with E-state index in [4.69, 9.17) is 4.42 Å².